The quantitative estimate of drug-likeness (QED) is 0.643. The van der Waals surface area contributed by atoms with Crippen LogP contribution in [0.3, 0.4) is 0 Å². The van der Waals surface area contributed by atoms with Gasteiger partial charge in [0.2, 0.25) is 0 Å². The lowest BCUT2D eigenvalue weighted by molar-refractivity contribution is -0.168. The highest BCUT2D eigenvalue weighted by atomic mass is 16.7. The Morgan fingerprint density at radius 2 is 1.48 bits per heavy atom. The first-order valence-corrected chi connectivity index (χ1v) is 8.76. The van der Waals surface area contributed by atoms with E-state index >= 15 is 0 Å². The third kappa shape index (κ3) is 3.22. The molecule has 134 valence electrons. The second-order valence-corrected chi connectivity index (χ2v) is 6.46. The maximum Gasteiger partial charge on any atom is 0.342 e. The van der Waals surface area contributed by atoms with Gasteiger partial charge in [0.05, 0.1) is 11.1 Å². The second-order valence-electron chi connectivity index (χ2n) is 6.46. The molecule has 0 N–H and O–H groups in total. The average molecular weight is 358 g/mol. The number of ether oxygens (including phenoxy) is 2. The minimum Gasteiger partial charge on any atom is -0.420 e. The van der Waals surface area contributed by atoms with Gasteiger partial charge in [-0.1, -0.05) is 72.8 Å². The van der Waals surface area contributed by atoms with Crippen molar-refractivity contribution in [3.05, 3.63) is 107 Å². The Labute approximate surface area is 157 Å². The summed E-state index contributed by atoms with van der Waals surface area (Å²) >= 11 is 0. The van der Waals surface area contributed by atoms with Crippen molar-refractivity contribution in [3.63, 3.8) is 0 Å². The third-order valence-corrected chi connectivity index (χ3v) is 4.72. The van der Waals surface area contributed by atoms with Gasteiger partial charge in [0, 0.05) is 0 Å². The Hall–Kier alpha value is -3.40. The Morgan fingerprint density at radius 3 is 2.07 bits per heavy atom. The van der Waals surface area contributed by atoms with Crippen molar-refractivity contribution in [3.8, 4) is 0 Å². The number of hydrogen-bond donors (Lipinski definition) is 0. The molecule has 0 fully saturated rings. The summed E-state index contributed by atoms with van der Waals surface area (Å²) in [6.45, 7) is 1.87. The van der Waals surface area contributed by atoms with Gasteiger partial charge >= 0.3 is 11.9 Å². The lowest BCUT2D eigenvalue weighted by Crippen LogP contribution is -2.20. The lowest BCUT2D eigenvalue weighted by atomic mass is 9.91. The highest BCUT2D eigenvalue weighted by Gasteiger charge is 2.37. The van der Waals surface area contributed by atoms with Gasteiger partial charge in [-0.3, -0.25) is 4.79 Å². The standard InChI is InChI=1S/C23H18O4/c1-15-9-8-14-18-19(15)23(26-21(18)24)27-22(25)20(16-10-4-2-5-11-16)17-12-6-3-7-13-17/h2-14,20,23H,1H3/t23-/m1/s1. The van der Waals surface area contributed by atoms with E-state index in [2.05, 4.69) is 0 Å². The van der Waals surface area contributed by atoms with Gasteiger partial charge in [0.15, 0.2) is 0 Å². The van der Waals surface area contributed by atoms with Crippen LogP contribution in [-0.2, 0) is 14.3 Å². The maximum atomic E-state index is 13.1. The van der Waals surface area contributed by atoms with Crippen molar-refractivity contribution in [2.75, 3.05) is 0 Å². The summed E-state index contributed by atoms with van der Waals surface area (Å²) in [6.07, 6.45) is -1.02. The molecule has 0 bridgehead atoms. The van der Waals surface area contributed by atoms with Gasteiger partial charge in [-0.15, -0.1) is 0 Å². The van der Waals surface area contributed by atoms with Crippen LogP contribution in [0.25, 0.3) is 0 Å². The number of fused-ring (bicyclic) bond motifs is 1. The molecule has 0 saturated heterocycles. The first-order valence-electron chi connectivity index (χ1n) is 8.76. The van der Waals surface area contributed by atoms with Crippen LogP contribution in [0.15, 0.2) is 78.9 Å². The van der Waals surface area contributed by atoms with E-state index in [-0.39, 0.29) is 0 Å². The Bertz CT molecular complexity index is 940. The summed E-state index contributed by atoms with van der Waals surface area (Å²) in [7, 11) is 0. The Balaban J connectivity index is 1.68. The highest BCUT2D eigenvalue weighted by Crippen LogP contribution is 2.36. The van der Waals surface area contributed by atoms with Crippen molar-refractivity contribution < 1.29 is 19.1 Å². The highest BCUT2D eigenvalue weighted by molar-refractivity contribution is 5.94. The molecule has 0 spiro atoms. The minimum absolute atomic E-state index is 0.448. The predicted molar refractivity (Wildman–Crippen MR) is 100 cm³/mol. The molecule has 0 radical (unpaired) electrons. The van der Waals surface area contributed by atoms with E-state index in [1.807, 2.05) is 73.7 Å². The second kappa shape index (κ2) is 7.08. The van der Waals surface area contributed by atoms with Crippen molar-refractivity contribution >= 4 is 11.9 Å². The molecule has 4 nitrogen and oxygen atoms in total. The molecule has 0 unspecified atom stereocenters. The molecular formula is C23H18O4. The summed E-state index contributed by atoms with van der Waals surface area (Å²) in [5, 5.41) is 0. The van der Waals surface area contributed by atoms with E-state index in [0.717, 1.165) is 16.7 Å². The number of rotatable bonds is 4. The summed E-state index contributed by atoms with van der Waals surface area (Å²) < 4.78 is 11.0. The number of carbonyl (C=O) groups excluding carboxylic acids is 2. The molecule has 27 heavy (non-hydrogen) atoms. The van der Waals surface area contributed by atoms with Gasteiger partial charge < -0.3 is 9.47 Å². The van der Waals surface area contributed by atoms with Crippen LogP contribution in [0.5, 0.6) is 0 Å². The molecule has 1 aliphatic rings. The molecule has 3 aromatic rings. The van der Waals surface area contributed by atoms with Crippen LogP contribution < -0.4 is 0 Å². The summed E-state index contributed by atoms with van der Waals surface area (Å²) in [5.74, 6) is -1.53. The number of hydrogen-bond acceptors (Lipinski definition) is 4. The van der Waals surface area contributed by atoms with Crippen molar-refractivity contribution in [2.24, 2.45) is 0 Å². The van der Waals surface area contributed by atoms with Crippen LogP contribution in [0.1, 0.15) is 44.8 Å². The molecule has 1 aliphatic heterocycles. The zero-order valence-electron chi connectivity index (χ0n) is 14.8. The maximum absolute atomic E-state index is 13.1. The van der Waals surface area contributed by atoms with Gasteiger partial charge in [0.1, 0.15) is 5.92 Å². The molecule has 4 heteroatoms. The number of benzene rings is 3. The molecule has 4 rings (SSSR count). The molecule has 0 saturated carbocycles. The molecule has 0 aliphatic carbocycles. The van der Waals surface area contributed by atoms with E-state index in [4.69, 9.17) is 9.47 Å². The summed E-state index contributed by atoms with van der Waals surface area (Å²) in [4.78, 5) is 25.2. The van der Waals surface area contributed by atoms with Crippen molar-refractivity contribution in [1.82, 2.24) is 0 Å². The van der Waals surface area contributed by atoms with Gasteiger partial charge in [-0.25, -0.2) is 4.79 Å². The number of carbonyl (C=O) groups is 2. The first kappa shape index (κ1) is 17.0. The topological polar surface area (TPSA) is 52.6 Å². The van der Waals surface area contributed by atoms with Crippen LogP contribution in [0, 0.1) is 6.92 Å². The van der Waals surface area contributed by atoms with Crippen LogP contribution in [-0.4, -0.2) is 11.9 Å². The van der Waals surface area contributed by atoms with Crippen LogP contribution >= 0.6 is 0 Å². The molecule has 1 heterocycles. The van der Waals surface area contributed by atoms with Crippen LogP contribution in [0.4, 0.5) is 0 Å². The minimum atomic E-state index is -1.02. The summed E-state index contributed by atoms with van der Waals surface area (Å²) in [5.41, 5.74) is 3.57. The van der Waals surface area contributed by atoms with Gasteiger partial charge in [-0.2, -0.15) is 0 Å². The number of esters is 2. The van der Waals surface area contributed by atoms with Crippen molar-refractivity contribution in [1.29, 1.82) is 0 Å². The molecule has 3 aromatic carbocycles. The van der Waals surface area contributed by atoms with E-state index in [0.29, 0.717) is 11.1 Å². The van der Waals surface area contributed by atoms with E-state index in [1.165, 1.54) is 0 Å². The molecular weight excluding hydrogens is 340 g/mol. The van der Waals surface area contributed by atoms with Crippen molar-refractivity contribution in [2.45, 2.75) is 19.1 Å². The largest absolute Gasteiger partial charge is 0.420 e. The molecule has 0 aromatic heterocycles. The van der Waals surface area contributed by atoms with Gasteiger partial charge in [-0.05, 0) is 29.7 Å². The Morgan fingerprint density at radius 1 is 0.889 bits per heavy atom. The Kier molecular flexibility index (Phi) is 4.47. The fraction of sp³-hybridized carbons (Fsp3) is 0.130. The first-order chi connectivity index (χ1) is 13.1. The predicted octanol–water partition coefficient (Wildman–Crippen LogP) is 4.54. The monoisotopic (exact) mass is 358 g/mol. The zero-order chi connectivity index (χ0) is 18.8. The fourth-order valence-electron chi connectivity index (χ4n) is 3.40. The van der Waals surface area contributed by atoms with Crippen LogP contribution in [0.2, 0.25) is 0 Å². The SMILES string of the molecule is Cc1cccc2c1[C@@H](OC(=O)C(c1ccccc1)c1ccccc1)OC2=O. The van der Waals surface area contributed by atoms with E-state index < -0.39 is 24.1 Å². The number of aryl methyl sites for hydroxylation is 1. The molecule has 1 atom stereocenters. The zero-order valence-corrected chi connectivity index (χ0v) is 14.8. The normalized spacial score (nSPS) is 15.3. The van der Waals surface area contributed by atoms with E-state index in [9.17, 15) is 9.59 Å². The van der Waals surface area contributed by atoms with E-state index in [1.54, 1.807) is 12.1 Å². The third-order valence-electron chi connectivity index (χ3n) is 4.72. The number of cyclic esters (lactones) is 1. The lowest BCUT2D eigenvalue weighted by Gasteiger charge is -2.20. The van der Waals surface area contributed by atoms with Gasteiger partial charge in [0.25, 0.3) is 6.29 Å². The smallest absolute Gasteiger partial charge is 0.342 e. The average Bonchev–Trinajstić information content (AvgIpc) is 3.00. The molecule has 0 amide bonds. The fourth-order valence-corrected chi connectivity index (χ4v) is 3.40. The summed E-state index contributed by atoms with van der Waals surface area (Å²) in [6, 6.07) is 24.2.